The molecule has 1 unspecified atom stereocenters. The maximum atomic E-state index is 12.3. The molecule has 9 nitrogen and oxygen atoms in total. The van der Waals surface area contributed by atoms with Gasteiger partial charge in [0.05, 0.1) is 0 Å². The fourth-order valence-electron chi connectivity index (χ4n) is 3.02. The molecule has 0 saturated carbocycles. The van der Waals surface area contributed by atoms with E-state index in [1.807, 2.05) is 6.07 Å². The molecule has 0 aliphatic carbocycles. The van der Waals surface area contributed by atoms with E-state index in [-0.39, 0.29) is 29.3 Å². The van der Waals surface area contributed by atoms with Gasteiger partial charge in [0.2, 0.25) is 17.7 Å². The zero-order valence-corrected chi connectivity index (χ0v) is 16.8. The molecule has 2 aromatic carbocycles. The lowest BCUT2D eigenvalue weighted by molar-refractivity contribution is -0.274. The van der Waals surface area contributed by atoms with Gasteiger partial charge >= 0.3 is 6.36 Å². The Balaban J connectivity index is 1.48. The molecule has 0 spiro atoms. The van der Waals surface area contributed by atoms with E-state index in [2.05, 4.69) is 30.3 Å². The molecule has 0 bridgehead atoms. The molecule has 1 aliphatic rings. The van der Waals surface area contributed by atoms with E-state index in [0.717, 1.165) is 12.1 Å². The van der Waals surface area contributed by atoms with Crippen LogP contribution < -0.4 is 20.1 Å². The smallest absolute Gasteiger partial charge is 0.457 e. The summed E-state index contributed by atoms with van der Waals surface area (Å²) in [5.41, 5.74) is 0.564. The van der Waals surface area contributed by atoms with Crippen molar-refractivity contribution in [2.45, 2.75) is 18.8 Å². The molecule has 33 heavy (non-hydrogen) atoms. The van der Waals surface area contributed by atoms with Crippen LogP contribution in [0.15, 0.2) is 48.5 Å². The summed E-state index contributed by atoms with van der Waals surface area (Å²) in [7, 11) is 0. The quantitative estimate of drug-likeness (QED) is 0.579. The number of alkyl halides is 3. The van der Waals surface area contributed by atoms with Gasteiger partial charge in [-0.2, -0.15) is 20.2 Å². The van der Waals surface area contributed by atoms with E-state index in [1.54, 1.807) is 24.3 Å². The molecule has 2 heterocycles. The molecule has 12 heteroatoms. The fraction of sp³-hybridized carbons (Fsp3) is 0.190. The van der Waals surface area contributed by atoms with Crippen LogP contribution >= 0.6 is 0 Å². The van der Waals surface area contributed by atoms with Gasteiger partial charge < -0.3 is 20.1 Å². The number of aromatic nitrogens is 3. The zero-order valence-electron chi connectivity index (χ0n) is 16.8. The van der Waals surface area contributed by atoms with Crippen LogP contribution in [0.4, 0.5) is 19.1 Å². The number of nitrogens with zero attached hydrogens (tertiary/aromatic N) is 4. The summed E-state index contributed by atoms with van der Waals surface area (Å²) < 4.78 is 46.2. The van der Waals surface area contributed by atoms with Gasteiger partial charge in [-0.1, -0.05) is 0 Å². The van der Waals surface area contributed by atoms with Gasteiger partial charge in [-0.05, 0) is 55.0 Å². The number of benzene rings is 2. The van der Waals surface area contributed by atoms with Crippen molar-refractivity contribution < 1.29 is 27.4 Å². The molecular weight excluding hydrogens is 441 g/mol. The Kier molecular flexibility index (Phi) is 5.95. The van der Waals surface area contributed by atoms with E-state index in [0.29, 0.717) is 30.0 Å². The van der Waals surface area contributed by atoms with Gasteiger partial charge in [-0.15, -0.1) is 13.2 Å². The standard InChI is InChI=1S/C21H15F3N6O3/c22-21(23,24)33-15-7-5-14(6-8-15)32-13-3-1-12(2-4-13)18-28-17(11-25)29-20(30-18)27-16-9-10-26-19(16)31/h1-8,16H,9-10H2,(H,26,31)(H,27,28,29,30). The number of anilines is 1. The maximum Gasteiger partial charge on any atom is 0.573 e. The van der Waals surface area contributed by atoms with Gasteiger partial charge in [0.25, 0.3) is 0 Å². The van der Waals surface area contributed by atoms with Crippen molar-refractivity contribution in [2.24, 2.45) is 0 Å². The summed E-state index contributed by atoms with van der Waals surface area (Å²) in [4.78, 5) is 24.2. The third-order valence-electron chi connectivity index (χ3n) is 4.49. The second-order valence-corrected chi connectivity index (χ2v) is 6.84. The van der Waals surface area contributed by atoms with Crippen LogP contribution in [0.5, 0.6) is 17.2 Å². The second-order valence-electron chi connectivity index (χ2n) is 6.84. The van der Waals surface area contributed by atoms with Crippen LogP contribution in [0, 0.1) is 11.3 Å². The predicted octanol–water partition coefficient (Wildman–Crippen LogP) is 3.40. The third kappa shape index (κ3) is 5.65. The van der Waals surface area contributed by atoms with Crippen molar-refractivity contribution in [3.05, 3.63) is 54.4 Å². The number of amides is 1. The Morgan fingerprint density at radius 1 is 1.00 bits per heavy atom. The number of nitrogens with one attached hydrogen (secondary N) is 2. The molecule has 3 aromatic rings. The lowest BCUT2D eigenvalue weighted by Gasteiger charge is -2.11. The van der Waals surface area contributed by atoms with Gasteiger partial charge in [-0.25, -0.2) is 0 Å². The highest BCUT2D eigenvalue weighted by atomic mass is 19.4. The Morgan fingerprint density at radius 2 is 1.64 bits per heavy atom. The minimum Gasteiger partial charge on any atom is -0.457 e. The van der Waals surface area contributed by atoms with Crippen LogP contribution in [-0.4, -0.2) is 39.8 Å². The number of carbonyl (C=O) groups is 1. The van der Waals surface area contributed by atoms with E-state index < -0.39 is 12.4 Å². The molecule has 1 aliphatic heterocycles. The number of nitriles is 1. The Bertz CT molecular complexity index is 1190. The highest BCUT2D eigenvalue weighted by molar-refractivity contribution is 5.86. The first-order chi connectivity index (χ1) is 15.8. The SMILES string of the molecule is N#Cc1nc(NC2CCNC2=O)nc(-c2ccc(Oc3ccc(OC(F)(F)F)cc3)cc2)n1. The minimum absolute atomic E-state index is 0.109. The normalized spacial score (nSPS) is 15.5. The van der Waals surface area contributed by atoms with Crippen molar-refractivity contribution in [2.75, 3.05) is 11.9 Å². The molecule has 1 aromatic heterocycles. The summed E-state index contributed by atoms with van der Waals surface area (Å²) in [5, 5.41) is 14.8. The topological polar surface area (TPSA) is 122 Å². The van der Waals surface area contributed by atoms with E-state index >= 15 is 0 Å². The van der Waals surface area contributed by atoms with Crippen molar-refractivity contribution in [1.29, 1.82) is 5.26 Å². The Morgan fingerprint density at radius 3 is 2.21 bits per heavy atom. The number of halogens is 3. The van der Waals surface area contributed by atoms with Crippen LogP contribution in [0.3, 0.4) is 0 Å². The number of ether oxygens (including phenoxy) is 2. The summed E-state index contributed by atoms with van der Waals surface area (Å²) in [6, 6.07) is 12.9. The van der Waals surface area contributed by atoms with Gasteiger partial charge in [-0.3, -0.25) is 4.79 Å². The third-order valence-corrected chi connectivity index (χ3v) is 4.49. The van der Waals surface area contributed by atoms with Gasteiger partial charge in [0, 0.05) is 12.1 Å². The fourth-order valence-corrected chi connectivity index (χ4v) is 3.02. The average molecular weight is 456 g/mol. The summed E-state index contributed by atoms with van der Waals surface area (Å²) >= 11 is 0. The Hall–Kier alpha value is -4.40. The highest BCUT2D eigenvalue weighted by Gasteiger charge is 2.31. The van der Waals surface area contributed by atoms with Gasteiger partial charge in [0.1, 0.15) is 29.4 Å². The van der Waals surface area contributed by atoms with E-state index in [9.17, 15) is 23.2 Å². The van der Waals surface area contributed by atoms with Crippen LogP contribution in [-0.2, 0) is 4.79 Å². The number of rotatable bonds is 6. The minimum atomic E-state index is -4.77. The van der Waals surface area contributed by atoms with Crippen LogP contribution in [0.1, 0.15) is 12.2 Å². The molecule has 1 saturated heterocycles. The number of hydrogen-bond donors (Lipinski definition) is 2. The molecule has 4 rings (SSSR count). The molecule has 1 amide bonds. The number of hydrogen-bond acceptors (Lipinski definition) is 8. The molecular formula is C21H15F3N6O3. The largest absolute Gasteiger partial charge is 0.573 e. The van der Waals surface area contributed by atoms with E-state index in [1.165, 1.54) is 12.1 Å². The summed E-state index contributed by atoms with van der Waals surface area (Å²) in [5.74, 6) is 0.428. The molecule has 1 fully saturated rings. The first kappa shape index (κ1) is 21.8. The molecule has 1 atom stereocenters. The van der Waals surface area contributed by atoms with E-state index in [4.69, 9.17) is 4.74 Å². The summed E-state index contributed by atoms with van der Waals surface area (Å²) in [6.07, 6.45) is -4.20. The summed E-state index contributed by atoms with van der Waals surface area (Å²) in [6.45, 7) is 0.541. The number of carbonyl (C=O) groups excluding carboxylic acids is 1. The zero-order chi connectivity index (χ0) is 23.4. The van der Waals surface area contributed by atoms with Crippen molar-refractivity contribution in [1.82, 2.24) is 20.3 Å². The first-order valence-corrected chi connectivity index (χ1v) is 9.63. The molecule has 2 N–H and O–H groups in total. The van der Waals surface area contributed by atoms with Crippen LogP contribution in [0.2, 0.25) is 0 Å². The lowest BCUT2D eigenvalue weighted by Crippen LogP contribution is -2.30. The highest BCUT2D eigenvalue weighted by Crippen LogP contribution is 2.28. The second kappa shape index (κ2) is 8.99. The Labute approximate surface area is 185 Å². The van der Waals surface area contributed by atoms with Gasteiger partial charge in [0.15, 0.2) is 5.82 Å². The average Bonchev–Trinajstić information content (AvgIpc) is 3.18. The lowest BCUT2D eigenvalue weighted by atomic mass is 10.2. The van der Waals surface area contributed by atoms with Crippen molar-refractivity contribution in [3.63, 3.8) is 0 Å². The monoisotopic (exact) mass is 456 g/mol. The maximum absolute atomic E-state index is 12.3. The van der Waals surface area contributed by atoms with Crippen molar-refractivity contribution in [3.8, 4) is 34.7 Å². The molecule has 0 radical (unpaired) electrons. The first-order valence-electron chi connectivity index (χ1n) is 9.63. The van der Waals surface area contributed by atoms with Crippen molar-refractivity contribution >= 4 is 11.9 Å². The van der Waals surface area contributed by atoms with Crippen LogP contribution in [0.25, 0.3) is 11.4 Å². The molecule has 168 valence electrons. The predicted molar refractivity (Wildman–Crippen MR) is 108 cm³/mol.